The molecular weight excluding hydrogens is 256 g/mol. The Labute approximate surface area is 117 Å². The van der Waals surface area contributed by atoms with Gasteiger partial charge in [-0.05, 0) is 37.5 Å². The fraction of sp³-hybridized carbons (Fsp3) is 0.400. The second kappa shape index (κ2) is 5.33. The highest BCUT2D eigenvalue weighted by molar-refractivity contribution is 5.99. The molecule has 104 valence electrons. The first-order valence-electron chi connectivity index (χ1n) is 6.55. The van der Waals surface area contributed by atoms with Gasteiger partial charge in [0.05, 0.1) is 11.6 Å². The number of aryl methyl sites for hydroxylation is 1. The van der Waals surface area contributed by atoms with E-state index in [1.807, 2.05) is 0 Å². The zero-order chi connectivity index (χ0) is 14.8. The lowest BCUT2D eigenvalue weighted by atomic mass is 9.87. The van der Waals surface area contributed by atoms with E-state index in [-0.39, 0.29) is 11.5 Å². The van der Waals surface area contributed by atoms with Crippen molar-refractivity contribution in [2.24, 2.45) is 5.41 Å². The SMILES string of the molecule is Cc1ccc(NC(=O)C2(C#N)CCCC2)cc1C(=O)O. The molecule has 5 heteroatoms. The van der Waals surface area contributed by atoms with Gasteiger partial charge in [0, 0.05) is 5.69 Å². The molecule has 0 heterocycles. The average Bonchev–Trinajstić information content (AvgIpc) is 2.90. The summed E-state index contributed by atoms with van der Waals surface area (Å²) in [6, 6.07) is 6.84. The summed E-state index contributed by atoms with van der Waals surface area (Å²) in [6.07, 6.45) is 2.87. The molecule has 0 atom stereocenters. The molecule has 2 N–H and O–H groups in total. The van der Waals surface area contributed by atoms with Gasteiger partial charge in [0.1, 0.15) is 5.41 Å². The number of carboxylic acid groups (broad SMARTS) is 1. The Morgan fingerprint density at radius 3 is 2.55 bits per heavy atom. The topological polar surface area (TPSA) is 90.2 Å². The number of carboxylic acids is 1. The number of hydrogen-bond donors (Lipinski definition) is 2. The summed E-state index contributed by atoms with van der Waals surface area (Å²) in [5.41, 5.74) is 0.236. The molecule has 0 spiro atoms. The Bertz CT molecular complexity index is 596. The molecule has 2 rings (SSSR count). The molecule has 1 fully saturated rings. The van der Waals surface area contributed by atoms with Crippen LogP contribution in [-0.4, -0.2) is 17.0 Å². The summed E-state index contributed by atoms with van der Waals surface area (Å²) in [6.45, 7) is 1.70. The smallest absolute Gasteiger partial charge is 0.336 e. The summed E-state index contributed by atoms with van der Waals surface area (Å²) >= 11 is 0. The monoisotopic (exact) mass is 272 g/mol. The first-order valence-corrected chi connectivity index (χ1v) is 6.55. The average molecular weight is 272 g/mol. The van der Waals surface area contributed by atoms with Crippen molar-refractivity contribution in [3.8, 4) is 6.07 Å². The largest absolute Gasteiger partial charge is 0.478 e. The Morgan fingerprint density at radius 2 is 2.00 bits per heavy atom. The number of anilines is 1. The number of nitrogens with zero attached hydrogens (tertiary/aromatic N) is 1. The van der Waals surface area contributed by atoms with E-state index in [4.69, 9.17) is 5.11 Å². The van der Waals surface area contributed by atoms with Crippen LogP contribution in [0, 0.1) is 23.7 Å². The summed E-state index contributed by atoms with van der Waals surface area (Å²) in [5.74, 6) is -1.37. The van der Waals surface area contributed by atoms with Crippen LogP contribution in [-0.2, 0) is 4.79 Å². The first-order chi connectivity index (χ1) is 9.48. The molecule has 0 unspecified atom stereocenters. The maximum atomic E-state index is 12.3. The number of carbonyl (C=O) groups excluding carboxylic acids is 1. The van der Waals surface area contributed by atoms with Gasteiger partial charge in [-0.3, -0.25) is 4.79 Å². The first kappa shape index (κ1) is 14.1. The van der Waals surface area contributed by atoms with E-state index in [9.17, 15) is 14.9 Å². The lowest BCUT2D eigenvalue weighted by Gasteiger charge is -2.19. The zero-order valence-electron chi connectivity index (χ0n) is 11.3. The number of benzene rings is 1. The summed E-state index contributed by atoms with van der Waals surface area (Å²) < 4.78 is 0. The number of carbonyl (C=O) groups is 2. The van der Waals surface area contributed by atoms with E-state index in [0.29, 0.717) is 24.1 Å². The molecule has 0 radical (unpaired) electrons. The Morgan fingerprint density at radius 1 is 1.35 bits per heavy atom. The third-order valence-corrected chi connectivity index (χ3v) is 3.83. The summed E-state index contributed by atoms with van der Waals surface area (Å²) in [4.78, 5) is 23.3. The number of rotatable bonds is 3. The molecule has 0 bridgehead atoms. The minimum atomic E-state index is -1.03. The molecule has 1 aliphatic carbocycles. The van der Waals surface area contributed by atoms with Crippen molar-refractivity contribution in [2.45, 2.75) is 32.6 Å². The number of hydrogen-bond acceptors (Lipinski definition) is 3. The molecule has 20 heavy (non-hydrogen) atoms. The maximum absolute atomic E-state index is 12.3. The van der Waals surface area contributed by atoms with E-state index in [1.54, 1.807) is 19.1 Å². The fourth-order valence-corrected chi connectivity index (χ4v) is 2.55. The second-order valence-corrected chi connectivity index (χ2v) is 5.19. The van der Waals surface area contributed by atoms with Crippen molar-refractivity contribution in [1.29, 1.82) is 5.26 Å². The van der Waals surface area contributed by atoms with E-state index in [0.717, 1.165) is 12.8 Å². The fourth-order valence-electron chi connectivity index (χ4n) is 2.55. The van der Waals surface area contributed by atoms with E-state index in [1.165, 1.54) is 6.07 Å². The van der Waals surface area contributed by atoms with Crippen molar-refractivity contribution in [1.82, 2.24) is 0 Å². The number of nitriles is 1. The molecule has 1 saturated carbocycles. The third-order valence-electron chi connectivity index (χ3n) is 3.83. The highest BCUT2D eigenvalue weighted by Crippen LogP contribution is 2.38. The van der Waals surface area contributed by atoms with Crippen LogP contribution >= 0.6 is 0 Å². The summed E-state index contributed by atoms with van der Waals surface area (Å²) in [5, 5.41) is 21.0. The lowest BCUT2D eigenvalue weighted by molar-refractivity contribution is -0.122. The van der Waals surface area contributed by atoms with Crippen LogP contribution in [0.5, 0.6) is 0 Å². The molecule has 5 nitrogen and oxygen atoms in total. The van der Waals surface area contributed by atoms with E-state index in [2.05, 4.69) is 11.4 Å². The van der Waals surface area contributed by atoms with Crippen LogP contribution < -0.4 is 5.32 Å². The molecule has 1 aromatic rings. The zero-order valence-corrected chi connectivity index (χ0v) is 11.3. The Hall–Kier alpha value is -2.35. The van der Waals surface area contributed by atoms with Crippen molar-refractivity contribution in [3.63, 3.8) is 0 Å². The number of aromatic carboxylic acids is 1. The highest BCUT2D eigenvalue weighted by atomic mass is 16.4. The summed E-state index contributed by atoms with van der Waals surface area (Å²) in [7, 11) is 0. The Kier molecular flexibility index (Phi) is 3.75. The third kappa shape index (κ3) is 2.50. The van der Waals surface area contributed by atoms with Crippen molar-refractivity contribution >= 4 is 17.6 Å². The van der Waals surface area contributed by atoms with E-state index < -0.39 is 11.4 Å². The van der Waals surface area contributed by atoms with Gasteiger partial charge in [-0.2, -0.15) is 5.26 Å². The minimum absolute atomic E-state index is 0.153. The second-order valence-electron chi connectivity index (χ2n) is 5.19. The van der Waals surface area contributed by atoms with Crippen LogP contribution in [0.1, 0.15) is 41.6 Å². The van der Waals surface area contributed by atoms with Crippen molar-refractivity contribution in [2.75, 3.05) is 5.32 Å². The van der Waals surface area contributed by atoms with Gasteiger partial charge in [0.15, 0.2) is 0 Å². The van der Waals surface area contributed by atoms with Crippen LogP contribution in [0.15, 0.2) is 18.2 Å². The minimum Gasteiger partial charge on any atom is -0.478 e. The number of nitrogens with one attached hydrogen (secondary N) is 1. The van der Waals surface area contributed by atoms with Gasteiger partial charge in [0.2, 0.25) is 5.91 Å². The van der Waals surface area contributed by atoms with Crippen LogP contribution in [0.2, 0.25) is 0 Å². The maximum Gasteiger partial charge on any atom is 0.336 e. The van der Waals surface area contributed by atoms with Crippen molar-refractivity contribution in [3.05, 3.63) is 29.3 Å². The van der Waals surface area contributed by atoms with Gasteiger partial charge >= 0.3 is 5.97 Å². The van der Waals surface area contributed by atoms with Crippen LogP contribution in [0.3, 0.4) is 0 Å². The van der Waals surface area contributed by atoms with Crippen LogP contribution in [0.25, 0.3) is 0 Å². The van der Waals surface area contributed by atoms with Crippen LogP contribution in [0.4, 0.5) is 5.69 Å². The lowest BCUT2D eigenvalue weighted by Crippen LogP contribution is -2.32. The number of amides is 1. The molecule has 0 aromatic heterocycles. The predicted molar refractivity (Wildman–Crippen MR) is 73.3 cm³/mol. The van der Waals surface area contributed by atoms with Crippen molar-refractivity contribution < 1.29 is 14.7 Å². The Balaban J connectivity index is 2.22. The molecule has 1 aromatic carbocycles. The quantitative estimate of drug-likeness (QED) is 0.885. The van der Waals surface area contributed by atoms with Gasteiger partial charge in [0.25, 0.3) is 0 Å². The molecular formula is C15H16N2O3. The molecule has 1 amide bonds. The van der Waals surface area contributed by atoms with Gasteiger partial charge in [-0.25, -0.2) is 4.79 Å². The van der Waals surface area contributed by atoms with Gasteiger partial charge in [-0.15, -0.1) is 0 Å². The molecule has 1 aliphatic rings. The predicted octanol–water partition coefficient (Wildman–Crippen LogP) is 2.72. The van der Waals surface area contributed by atoms with Gasteiger partial charge in [-0.1, -0.05) is 18.9 Å². The normalized spacial score (nSPS) is 16.4. The standard InChI is InChI=1S/C15H16N2O3/c1-10-4-5-11(8-12(10)13(18)19)17-14(20)15(9-16)6-2-3-7-15/h4-5,8H,2-3,6-7H2,1H3,(H,17,20)(H,18,19). The van der Waals surface area contributed by atoms with Gasteiger partial charge < -0.3 is 10.4 Å². The highest BCUT2D eigenvalue weighted by Gasteiger charge is 2.41. The molecule has 0 aliphatic heterocycles. The molecule has 0 saturated heterocycles. The van der Waals surface area contributed by atoms with E-state index >= 15 is 0 Å².